The number of nitrogens with one attached hydrogen (secondary N) is 1. The summed E-state index contributed by atoms with van der Waals surface area (Å²) in [4.78, 5) is 0. The summed E-state index contributed by atoms with van der Waals surface area (Å²) in [6.45, 7) is 3.77. The van der Waals surface area contributed by atoms with Crippen LogP contribution in [0.2, 0.25) is 0 Å². The molecule has 3 heterocycles. The molecule has 0 spiro atoms. The molecule has 3 aromatic rings. The molecule has 0 aliphatic heterocycles. The van der Waals surface area contributed by atoms with Crippen molar-refractivity contribution in [2.45, 2.75) is 13.8 Å². The van der Waals surface area contributed by atoms with Crippen LogP contribution in [-0.2, 0) is 0 Å². The Morgan fingerprint density at radius 3 is 2.52 bits per heavy atom. The second-order valence-corrected chi connectivity index (χ2v) is 4.11. The molecule has 0 aromatic carbocycles. The summed E-state index contributed by atoms with van der Waals surface area (Å²) in [6, 6.07) is 1.90. The van der Waals surface area contributed by atoms with E-state index in [-0.39, 0.29) is 23.6 Å². The minimum absolute atomic E-state index is 0.134. The summed E-state index contributed by atoms with van der Waals surface area (Å²) in [7, 11) is 1.44. The Morgan fingerprint density at radius 2 is 1.90 bits per heavy atom. The van der Waals surface area contributed by atoms with Gasteiger partial charge in [0.1, 0.15) is 0 Å². The number of ether oxygens (including phenoxy) is 1. The molecule has 0 saturated carbocycles. The first-order chi connectivity index (χ1) is 10.2. The van der Waals surface area contributed by atoms with Crippen LogP contribution in [-0.4, -0.2) is 47.6 Å². The predicted octanol–water partition coefficient (Wildman–Crippen LogP) is 0.204. The first kappa shape index (κ1) is 12.9. The normalized spacial score (nSPS) is 10.6. The van der Waals surface area contributed by atoms with E-state index in [1.165, 1.54) is 7.11 Å². The van der Waals surface area contributed by atoms with Gasteiger partial charge in [0.15, 0.2) is 0 Å². The molecule has 108 valence electrons. The third-order valence-corrected chi connectivity index (χ3v) is 2.55. The lowest BCUT2D eigenvalue weighted by Gasteiger charge is -2.02. The Morgan fingerprint density at radius 1 is 1.14 bits per heavy atom. The van der Waals surface area contributed by atoms with Crippen LogP contribution in [0.3, 0.4) is 0 Å². The third-order valence-electron chi connectivity index (χ3n) is 2.55. The zero-order valence-electron chi connectivity index (χ0n) is 11.5. The summed E-state index contributed by atoms with van der Waals surface area (Å²) in [5.74, 6) is 0.826. The average molecular weight is 289 g/mol. The van der Waals surface area contributed by atoms with E-state index in [9.17, 15) is 0 Å². The average Bonchev–Trinajstić information content (AvgIpc) is 3.06. The molecular weight excluding hydrogens is 278 g/mol. The fourth-order valence-corrected chi connectivity index (χ4v) is 1.69. The zero-order valence-corrected chi connectivity index (χ0v) is 11.5. The quantitative estimate of drug-likeness (QED) is 0.710. The van der Waals surface area contributed by atoms with Gasteiger partial charge in [-0.2, -0.15) is 5.10 Å². The standard InChI is InChI=1S/C10H11N9O2/c1-5-4-6(2)19(16-5)10-14-12-9(13-15-10)11-7-8(20-3)18-21-17-7/h4H,1-3H3,(H,11,12,13,17). The SMILES string of the molecule is COc1nonc1Nc1nnc(-n2nc(C)cc2C)nn1. The van der Waals surface area contributed by atoms with E-state index in [4.69, 9.17) is 4.74 Å². The molecule has 0 aliphatic rings. The van der Waals surface area contributed by atoms with Crippen LogP contribution in [0.4, 0.5) is 11.8 Å². The van der Waals surface area contributed by atoms with Gasteiger partial charge in [-0.1, -0.05) is 0 Å². The molecule has 3 aromatic heterocycles. The number of hydrogen-bond acceptors (Lipinski definition) is 10. The first-order valence-corrected chi connectivity index (χ1v) is 5.92. The molecule has 0 radical (unpaired) electrons. The van der Waals surface area contributed by atoms with E-state index in [0.29, 0.717) is 0 Å². The van der Waals surface area contributed by atoms with Crippen molar-refractivity contribution >= 4 is 11.8 Å². The van der Waals surface area contributed by atoms with Gasteiger partial charge >= 0.3 is 5.88 Å². The predicted molar refractivity (Wildman–Crippen MR) is 68.4 cm³/mol. The summed E-state index contributed by atoms with van der Waals surface area (Å²) in [5, 5.41) is 29.8. The topological polar surface area (TPSA) is 130 Å². The summed E-state index contributed by atoms with van der Waals surface area (Å²) < 4.78 is 11.0. The van der Waals surface area contributed by atoms with Crippen molar-refractivity contribution in [1.82, 2.24) is 40.5 Å². The van der Waals surface area contributed by atoms with Crippen molar-refractivity contribution in [3.05, 3.63) is 17.5 Å². The second kappa shape index (κ2) is 5.11. The number of methoxy groups -OCH3 is 1. The van der Waals surface area contributed by atoms with Crippen LogP contribution in [0.5, 0.6) is 5.88 Å². The maximum absolute atomic E-state index is 4.93. The molecule has 0 amide bonds. The van der Waals surface area contributed by atoms with Gasteiger partial charge in [0, 0.05) is 5.69 Å². The van der Waals surface area contributed by atoms with Gasteiger partial charge in [0.05, 0.1) is 12.8 Å². The molecule has 0 fully saturated rings. The third kappa shape index (κ3) is 2.48. The molecular formula is C10H11N9O2. The molecule has 11 heteroatoms. The molecule has 21 heavy (non-hydrogen) atoms. The second-order valence-electron chi connectivity index (χ2n) is 4.11. The van der Waals surface area contributed by atoms with Crippen LogP contribution in [0, 0.1) is 13.8 Å². The van der Waals surface area contributed by atoms with Gasteiger partial charge in [-0.3, -0.25) is 5.32 Å². The molecule has 0 bridgehead atoms. The number of anilines is 2. The molecule has 3 rings (SSSR count). The zero-order chi connectivity index (χ0) is 14.8. The van der Waals surface area contributed by atoms with Crippen LogP contribution < -0.4 is 10.1 Å². The lowest BCUT2D eigenvalue weighted by molar-refractivity contribution is 0.282. The minimum Gasteiger partial charge on any atom is -0.476 e. The van der Waals surface area contributed by atoms with Crippen molar-refractivity contribution in [3.8, 4) is 11.8 Å². The minimum atomic E-state index is 0.134. The highest BCUT2D eigenvalue weighted by atomic mass is 16.6. The van der Waals surface area contributed by atoms with E-state index in [1.54, 1.807) is 4.68 Å². The van der Waals surface area contributed by atoms with Crippen molar-refractivity contribution < 1.29 is 9.37 Å². The van der Waals surface area contributed by atoms with Crippen molar-refractivity contribution in [3.63, 3.8) is 0 Å². The maximum atomic E-state index is 4.93. The largest absolute Gasteiger partial charge is 0.476 e. The number of rotatable bonds is 4. The summed E-state index contributed by atoms with van der Waals surface area (Å²) >= 11 is 0. The molecule has 0 atom stereocenters. The van der Waals surface area contributed by atoms with Gasteiger partial charge in [0.25, 0.3) is 11.9 Å². The van der Waals surface area contributed by atoms with Gasteiger partial charge < -0.3 is 4.74 Å². The number of aryl methyl sites for hydroxylation is 2. The number of hydrogen-bond donors (Lipinski definition) is 1. The molecule has 1 N–H and O–H groups in total. The molecule has 0 aliphatic carbocycles. The van der Waals surface area contributed by atoms with Crippen LogP contribution in [0.1, 0.15) is 11.4 Å². The van der Waals surface area contributed by atoms with E-state index < -0.39 is 0 Å². The van der Waals surface area contributed by atoms with E-state index in [1.807, 2.05) is 19.9 Å². The molecule has 0 unspecified atom stereocenters. The summed E-state index contributed by atoms with van der Waals surface area (Å²) in [6.07, 6.45) is 0. The van der Waals surface area contributed by atoms with E-state index in [0.717, 1.165) is 11.4 Å². The Balaban J connectivity index is 1.83. The van der Waals surface area contributed by atoms with Crippen LogP contribution in [0.25, 0.3) is 5.95 Å². The van der Waals surface area contributed by atoms with Gasteiger partial charge in [-0.25, -0.2) is 9.31 Å². The van der Waals surface area contributed by atoms with Crippen LogP contribution in [0.15, 0.2) is 10.7 Å². The van der Waals surface area contributed by atoms with Crippen molar-refractivity contribution in [2.24, 2.45) is 0 Å². The molecule has 0 saturated heterocycles. The Labute approximate surface area is 118 Å². The number of aromatic nitrogens is 8. The van der Waals surface area contributed by atoms with Crippen molar-refractivity contribution in [2.75, 3.05) is 12.4 Å². The maximum Gasteiger partial charge on any atom is 0.300 e. The van der Waals surface area contributed by atoms with Gasteiger partial charge in [0.2, 0.25) is 5.82 Å². The lowest BCUT2D eigenvalue weighted by Crippen LogP contribution is -2.10. The monoisotopic (exact) mass is 289 g/mol. The van der Waals surface area contributed by atoms with Gasteiger partial charge in [-0.15, -0.1) is 20.4 Å². The van der Waals surface area contributed by atoms with E-state index >= 15 is 0 Å². The van der Waals surface area contributed by atoms with E-state index in [2.05, 4.69) is 45.8 Å². The molecule has 11 nitrogen and oxygen atoms in total. The lowest BCUT2D eigenvalue weighted by atomic mass is 10.4. The fourth-order valence-electron chi connectivity index (χ4n) is 1.69. The highest BCUT2D eigenvalue weighted by molar-refractivity contribution is 5.52. The highest BCUT2D eigenvalue weighted by Gasteiger charge is 2.13. The van der Waals surface area contributed by atoms with Crippen LogP contribution >= 0.6 is 0 Å². The summed E-state index contributed by atoms with van der Waals surface area (Å²) in [5.41, 5.74) is 1.75. The fraction of sp³-hybridized carbons (Fsp3) is 0.300. The van der Waals surface area contributed by atoms with Crippen molar-refractivity contribution in [1.29, 1.82) is 0 Å². The Kier molecular flexibility index (Phi) is 3.14. The number of nitrogens with zero attached hydrogens (tertiary/aromatic N) is 8. The first-order valence-electron chi connectivity index (χ1n) is 5.92. The smallest absolute Gasteiger partial charge is 0.300 e. The Bertz CT molecular complexity index is 748. The Hall–Kier alpha value is -3.11. The van der Waals surface area contributed by atoms with Gasteiger partial charge in [-0.05, 0) is 30.2 Å². The highest BCUT2D eigenvalue weighted by Crippen LogP contribution is 2.20.